The third-order valence-corrected chi connectivity index (χ3v) is 4.95. The molecular formula is C25H42N4O3. The number of fused-ring (bicyclic) bond motifs is 1. The van der Waals surface area contributed by atoms with Crippen molar-refractivity contribution in [3.8, 4) is 12.8 Å². The zero-order valence-electron chi connectivity index (χ0n) is 21.0. The van der Waals surface area contributed by atoms with Crippen LogP contribution in [0.1, 0.15) is 72.8 Å². The van der Waals surface area contributed by atoms with Gasteiger partial charge >= 0.3 is 0 Å². The van der Waals surface area contributed by atoms with Gasteiger partial charge in [0.25, 0.3) is 5.91 Å². The molecule has 1 amide bonds. The molecular weight excluding hydrogens is 404 g/mol. The molecule has 3 fully saturated rings. The molecule has 0 N–H and O–H groups in total. The van der Waals surface area contributed by atoms with E-state index in [9.17, 15) is 4.79 Å². The second-order valence-corrected chi connectivity index (χ2v) is 6.96. The number of ether oxygens (including phenoxy) is 2. The number of hydrogen-bond donors (Lipinski definition) is 0. The maximum atomic E-state index is 12.3. The number of aliphatic imine (C=N–C) groups is 1. The second-order valence-electron chi connectivity index (χ2n) is 6.96. The van der Waals surface area contributed by atoms with E-state index in [-0.39, 0.29) is 18.2 Å². The summed E-state index contributed by atoms with van der Waals surface area (Å²) in [5, 5.41) is 4.11. The van der Waals surface area contributed by atoms with E-state index in [0.717, 1.165) is 24.9 Å². The van der Waals surface area contributed by atoms with E-state index < -0.39 is 5.60 Å². The molecule has 0 radical (unpaired) electrons. The summed E-state index contributed by atoms with van der Waals surface area (Å²) in [6.07, 6.45) is 20.7. The first kappa shape index (κ1) is 29.6. The van der Waals surface area contributed by atoms with Crippen LogP contribution in [-0.2, 0) is 27.9 Å². The van der Waals surface area contributed by atoms with Crippen LogP contribution in [0, 0.1) is 12.8 Å². The van der Waals surface area contributed by atoms with Gasteiger partial charge in [-0.05, 0) is 26.7 Å². The molecule has 2 aliphatic heterocycles. The van der Waals surface area contributed by atoms with Gasteiger partial charge in [0.1, 0.15) is 6.23 Å². The average Bonchev–Trinajstić information content (AvgIpc) is 3.51. The molecule has 32 heavy (non-hydrogen) atoms. The standard InChI is InChI=1S/C14H19N3O3.C5H9N.2C2H6.C2H2/c1-16-8-10(7-15-16)9-19-11-5-14(6-11)13(18)17-4-2-3-12(17)20-14;1-3-5-6-4-2;3*1-2/h7-8,11-12H,2-6,9H2,1H3;3-5H,1-2H3;2*1-2H3;1-2H/b;5-3-,6-4?;;;. The van der Waals surface area contributed by atoms with Crippen LogP contribution in [0.25, 0.3) is 0 Å². The van der Waals surface area contributed by atoms with Crippen LogP contribution in [0.3, 0.4) is 0 Å². The fourth-order valence-corrected chi connectivity index (χ4v) is 3.66. The molecule has 1 saturated carbocycles. The molecule has 7 heteroatoms. The maximum absolute atomic E-state index is 12.3. The summed E-state index contributed by atoms with van der Waals surface area (Å²) in [6.45, 7) is 13.2. The molecule has 0 bridgehead atoms. The van der Waals surface area contributed by atoms with Crippen LogP contribution in [-0.4, -0.2) is 51.3 Å². The topological polar surface area (TPSA) is 69.0 Å². The van der Waals surface area contributed by atoms with E-state index in [4.69, 9.17) is 9.47 Å². The van der Waals surface area contributed by atoms with Crippen LogP contribution in [0.5, 0.6) is 0 Å². The highest BCUT2D eigenvalue weighted by Gasteiger charge is 2.61. The average molecular weight is 447 g/mol. The van der Waals surface area contributed by atoms with Crippen LogP contribution < -0.4 is 0 Å². The number of amides is 1. The van der Waals surface area contributed by atoms with Crippen molar-refractivity contribution in [1.29, 1.82) is 0 Å². The zero-order valence-corrected chi connectivity index (χ0v) is 21.0. The highest BCUT2D eigenvalue weighted by atomic mass is 16.6. The van der Waals surface area contributed by atoms with E-state index >= 15 is 0 Å². The summed E-state index contributed by atoms with van der Waals surface area (Å²) in [5.41, 5.74) is 0.498. The number of rotatable bonds is 4. The predicted molar refractivity (Wildman–Crippen MR) is 131 cm³/mol. The number of terminal acetylenes is 1. The lowest BCUT2D eigenvalue weighted by molar-refractivity contribution is -0.177. The van der Waals surface area contributed by atoms with Gasteiger partial charge in [0.15, 0.2) is 5.60 Å². The van der Waals surface area contributed by atoms with Crippen molar-refractivity contribution in [2.75, 3.05) is 6.54 Å². The molecule has 0 aromatic carbocycles. The van der Waals surface area contributed by atoms with Crippen molar-refractivity contribution in [3.05, 3.63) is 30.2 Å². The van der Waals surface area contributed by atoms with E-state index in [1.807, 2.05) is 72.0 Å². The minimum Gasteiger partial charge on any atom is -0.373 e. The van der Waals surface area contributed by atoms with Gasteiger partial charge in [-0.2, -0.15) is 5.10 Å². The number of nitrogens with zero attached hydrogens (tertiary/aromatic N) is 4. The molecule has 1 aromatic rings. The quantitative estimate of drug-likeness (QED) is 0.495. The monoisotopic (exact) mass is 446 g/mol. The van der Waals surface area contributed by atoms with Gasteiger partial charge < -0.3 is 14.4 Å². The molecule has 1 unspecified atom stereocenters. The minimum atomic E-state index is -0.565. The van der Waals surface area contributed by atoms with Gasteiger partial charge in [0, 0.05) is 50.6 Å². The van der Waals surface area contributed by atoms with Gasteiger partial charge in [-0.3, -0.25) is 14.5 Å². The normalized spacial score (nSPS) is 24.9. The summed E-state index contributed by atoms with van der Waals surface area (Å²) in [5.74, 6) is 0.182. The number of aromatic nitrogens is 2. The Morgan fingerprint density at radius 3 is 2.41 bits per heavy atom. The Hall–Kier alpha value is -2.43. The lowest BCUT2D eigenvalue weighted by Gasteiger charge is -2.41. The van der Waals surface area contributed by atoms with E-state index in [1.165, 1.54) is 0 Å². The van der Waals surface area contributed by atoms with Crippen molar-refractivity contribution >= 4 is 12.1 Å². The summed E-state index contributed by atoms with van der Waals surface area (Å²) in [4.78, 5) is 18.0. The van der Waals surface area contributed by atoms with Gasteiger partial charge in [0.2, 0.25) is 0 Å². The molecule has 7 nitrogen and oxygen atoms in total. The lowest BCUT2D eigenvalue weighted by atomic mass is 9.76. The van der Waals surface area contributed by atoms with E-state index in [2.05, 4.69) is 22.9 Å². The van der Waals surface area contributed by atoms with Crippen LogP contribution >= 0.6 is 0 Å². The Kier molecular flexibility index (Phi) is 15.0. The molecule has 3 heterocycles. The van der Waals surface area contributed by atoms with Crippen molar-refractivity contribution in [2.24, 2.45) is 12.0 Å². The van der Waals surface area contributed by atoms with Gasteiger partial charge in [-0.15, -0.1) is 12.8 Å². The van der Waals surface area contributed by atoms with Crippen molar-refractivity contribution in [3.63, 3.8) is 0 Å². The number of hydrogen-bond acceptors (Lipinski definition) is 5. The Morgan fingerprint density at radius 1 is 1.28 bits per heavy atom. The van der Waals surface area contributed by atoms with Crippen LogP contribution in [0.15, 0.2) is 29.7 Å². The first-order chi connectivity index (χ1) is 15.6. The second kappa shape index (κ2) is 16.2. The third-order valence-electron chi connectivity index (χ3n) is 4.95. The van der Waals surface area contributed by atoms with E-state index in [0.29, 0.717) is 19.4 Å². The minimum absolute atomic E-state index is 0.0294. The summed E-state index contributed by atoms with van der Waals surface area (Å²) in [6, 6.07) is 0. The first-order valence-corrected chi connectivity index (χ1v) is 11.6. The Morgan fingerprint density at radius 2 is 1.94 bits per heavy atom. The van der Waals surface area contributed by atoms with Crippen LogP contribution in [0.2, 0.25) is 0 Å². The lowest BCUT2D eigenvalue weighted by Crippen LogP contribution is -2.54. The predicted octanol–water partition coefficient (Wildman–Crippen LogP) is 4.73. The smallest absolute Gasteiger partial charge is 0.257 e. The Bertz CT molecular complexity index is 708. The Labute approximate surface area is 194 Å². The summed E-state index contributed by atoms with van der Waals surface area (Å²) < 4.78 is 13.6. The number of carbonyl (C=O) groups excluding carboxylic acids is 1. The van der Waals surface area contributed by atoms with Crippen molar-refractivity contribution in [1.82, 2.24) is 14.7 Å². The largest absolute Gasteiger partial charge is 0.373 e. The summed E-state index contributed by atoms with van der Waals surface area (Å²) >= 11 is 0. The molecule has 180 valence electrons. The highest BCUT2D eigenvalue weighted by Crippen LogP contribution is 2.47. The molecule has 3 aliphatic rings. The molecule has 4 rings (SSSR count). The Balaban J connectivity index is 0.000000685. The van der Waals surface area contributed by atoms with Crippen LogP contribution in [0.4, 0.5) is 0 Å². The number of allylic oxidation sites excluding steroid dienone is 1. The first-order valence-electron chi connectivity index (χ1n) is 11.6. The van der Waals surface area contributed by atoms with Gasteiger partial charge in [-0.25, -0.2) is 0 Å². The molecule has 1 spiro atoms. The van der Waals surface area contributed by atoms with E-state index in [1.54, 1.807) is 17.1 Å². The molecule has 1 aliphatic carbocycles. The van der Waals surface area contributed by atoms with Gasteiger partial charge in [0.05, 0.1) is 18.9 Å². The zero-order chi connectivity index (χ0) is 24.6. The fourth-order valence-electron chi connectivity index (χ4n) is 3.66. The molecule has 2 saturated heterocycles. The molecule has 1 atom stereocenters. The SMILES string of the molecule is C#C.CC.CC.CC=N/C=C\C.Cn1cc(COC2CC3(C2)OC2CCCN2C3=O)cn1. The highest BCUT2D eigenvalue weighted by molar-refractivity contribution is 5.88. The fraction of sp³-hybridized carbons (Fsp3) is 0.640. The third kappa shape index (κ3) is 7.92. The van der Waals surface area contributed by atoms with Gasteiger partial charge in [-0.1, -0.05) is 33.8 Å². The number of carbonyl (C=O) groups is 1. The van der Waals surface area contributed by atoms with Crippen molar-refractivity contribution in [2.45, 2.75) is 91.8 Å². The molecule has 1 aromatic heterocycles. The maximum Gasteiger partial charge on any atom is 0.257 e. The number of aryl methyl sites for hydroxylation is 1. The van der Waals surface area contributed by atoms with Crippen molar-refractivity contribution < 1.29 is 14.3 Å². The summed E-state index contributed by atoms with van der Waals surface area (Å²) in [7, 11) is 1.89.